The van der Waals surface area contributed by atoms with Crippen LogP contribution in [0.4, 0.5) is 0 Å². The summed E-state index contributed by atoms with van der Waals surface area (Å²) >= 11 is 0. The van der Waals surface area contributed by atoms with E-state index >= 15 is 0 Å². The van der Waals surface area contributed by atoms with Gasteiger partial charge in [-0.25, -0.2) is 4.79 Å². The zero-order chi connectivity index (χ0) is 19.8. The molecule has 4 heteroatoms. The molecule has 0 aromatic rings. The van der Waals surface area contributed by atoms with Gasteiger partial charge in [0.05, 0.1) is 6.61 Å². The van der Waals surface area contributed by atoms with Crippen molar-refractivity contribution < 1.29 is 14.0 Å². The Balaban J connectivity index is 4.39. The number of ether oxygens (including phenoxy) is 1. The van der Waals surface area contributed by atoms with Crippen LogP contribution in [0.3, 0.4) is 0 Å². The molecule has 0 aromatic carbocycles. The summed E-state index contributed by atoms with van der Waals surface area (Å²) in [7, 11) is -1.65. The van der Waals surface area contributed by atoms with Gasteiger partial charge in [-0.2, -0.15) is 0 Å². The van der Waals surface area contributed by atoms with Gasteiger partial charge in [0.1, 0.15) is 0 Å². The second-order valence-corrected chi connectivity index (χ2v) is 14.1. The van der Waals surface area contributed by atoms with Crippen molar-refractivity contribution in [3.8, 4) is 0 Å². The van der Waals surface area contributed by atoms with Crippen molar-refractivity contribution in [1.82, 2.24) is 0 Å². The van der Waals surface area contributed by atoms with Crippen LogP contribution in [-0.2, 0) is 14.0 Å². The first-order chi connectivity index (χ1) is 11.3. The maximum absolute atomic E-state index is 11.7. The molecule has 0 rings (SSSR count). The van der Waals surface area contributed by atoms with Crippen molar-refractivity contribution in [2.75, 3.05) is 13.2 Å². The molecule has 148 valence electrons. The summed E-state index contributed by atoms with van der Waals surface area (Å²) in [6, 6.07) is 0. The maximum Gasteiger partial charge on any atom is 0.333 e. The van der Waals surface area contributed by atoms with Crippen molar-refractivity contribution in [3.63, 3.8) is 0 Å². The third-order valence-electron chi connectivity index (χ3n) is 5.25. The molecule has 0 aliphatic carbocycles. The summed E-state index contributed by atoms with van der Waals surface area (Å²) in [5, 5.41) is 0.266. The van der Waals surface area contributed by atoms with Gasteiger partial charge in [0.2, 0.25) is 0 Å². The molecule has 0 spiro atoms. The van der Waals surface area contributed by atoms with Gasteiger partial charge in [0.25, 0.3) is 0 Å². The van der Waals surface area contributed by atoms with E-state index in [0.29, 0.717) is 24.4 Å². The molecule has 3 nitrogen and oxygen atoms in total. The van der Waals surface area contributed by atoms with Crippen LogP contribution in [0.25, 0.3) is 0 Å². The quantitative estimate of drug-likeness (QED) is 0.261. The van der Waals surface area contributed by atoms with E-state index in [4.69, 9.17) is 9.16 Å². The number of esters is 1. The van der Waals surface area contributed by atoms with Gasteiger partial charge in [0.15, 0.2) is 8.32 Å². The summed E-state index contributed by atoms with van der Waals surface area (Å²) in [6.07, 6.45) is 4.29. The predicted molar refractivity (Wildman–Crippen MR) is 110 cm³/mol. The van der Waals surface area contributed by atoms with Gasteiger partial charge in [0, 0.05) is 12.2 Å². The molecule has 0 aliphatic heterocycles. The predicted octanol–water partition coefficient (Wildman–Crippen LogP) is 6.21. The van der Waals surface area contributed by atoms with Crippen LogP contribution >= 0.6 is 0 Å². The molecule has 0 aromatic heterocycles. The minimum Gasteiger partial charge on any atom is -0.463 e. The fraction of sp³-hybridized carbons (Fsp3) is 0.857. The smallest absolute Gasteiger partial charge is 0.333 e. The lowest BCUT2D eigenvalue weighted by molar-refractivity contribution is -0.138. The zero-order valence-electron chi connectivity index (χ0n) is 18.4. The summed E-state index contributed by atoms with van der Waals surface area (Å²) in [6.45, 7) is 23.2. The molecule has 0 amide bonds. The van der Waals surface area contributed by atoms with Gasteiger partial charge < -0.3 is 9.16 Å². The summed E-state index contributed by atoms with van der Waals surface area (Å²) in [5.41, 5.74) is 0.718. The van der Waals surface area contributed by atoms with Crippen LogP contribution in [0.2, 0.25) is 18.1 Å². The zero-order valence-corrected chi connectivity index (χ0v) is 19.4. The summed E-state index contributed by atoms with van der Waals surface area (Å²) in [5.74, 6) is 1.36. The number of rotatable bonds is 10. The molecule has 0 bridgehead atoms. The highest BCUT2D eigenvalue weighted by molar-refractivity contribution is 6.74. The lowest BCUT2D eigenvalue weighted by Crippen LogP contribution is -2.41. The molecular formula is C21H42O3Si. The van der Waals surface area contributed by atoms with Crippen LogP contribution in [0.5, 0.6) is 0 Å². The Morgan fingerprint density at radius 2 is 1.64 bits per heavy atom. The monoisotopic (exact) mass is 370 g/mol. The number of carbonyl (C=O) groups excluding carboxylic acids is 1. The van der Waals surface area contributed by atoms with Crippen molar-refractivity contribution in [2.45, 2.75) is 86.4 Å². The molecule has 0 heterocycles. The lowest BCUT2D eigenvalue weighted by Gasteiger charge is -2.37. The van der Waals surface area contributed by atoms with E-state index in [1.54, 1.807) is 0 Å². The van der Waals surface area contributed by atoms with Crippen LogP contribution < -0.4 is 0 Å². The molecule has 0 fully saturated rings. The van der Waals surface area contributed by atoms with Gasteiger partial charge >= 0.3 is 5.97 Å². The summed E-state index contributed by atoms with van der Waals surface area (Å²) in [4.78, 5) is 11.7. The first-order valence-corrected chi connectivity index (χ1v) is 12.7. The third kappa shape index (κ3) is 9.60. The van der Waals surface area contributed by atoms with Crippen molar-refractivity contribution in [3.05, 3.63) is 11.6 Å². The maximum atomic E-state index is 11.7. The normalized spacial score (nSPS) is 17.1. The number of allylic oxidation sites excluding steroid dienone is 1. The fourth-order valence-corrected chi connectivity index (χ4v) is 3.99. The Bertz CT molecular complexity index is 435. The highest BCUT2D eigenvalue weighted by Crippen LogP contribution is 2.37. The van der Waals surface area contributed by atoms with Gasteiger partial charge in [-0.3, -0.25) is 0 Å². The molecule has 0 saturated heterocycles. The average molecular weight is 371 g/mol. The first kappa shape index (κ1) is 24.4. The third-order valence-corrected chi connectivity index (χ3v) is 9.75. The Morgan fingerprint density at radius 3 is 2.12 bits per heavy atom. The van der Waals surface area contributed by atoms with Crippen molar-refractivity contribution >= 4 is 14.3 Å². The number of hydrogen-bond acceptors (Lipinski definition) is 3. The second-order valence-electron chi connectivity index (χ2n) is 9.30. The molecule has 0 aliphatic rings. The van der Waals surface area contributed by atoms with E-state index in [1.807, 2.05) is 19.9 Å². The number of hydrogen-bond donors (Lipinski definition) is 0. The number of carbonyl (C=O) groups is 1. The highest BCUT2D eigenvalue weighted by Gasteiger charge is 2.37. The molecule has 0 saturated carbocycles. The van der Waals surface area contributed by atoms with Crippen LogP contribution in [0.15, 0.2) is 11.6 Å². The van der Waals surface area contributed by atoms with E-state index in [9.17, 15) is 4.79 Å². The highest BCUT2D eigenvalue weighted by atomic mass is 28.4. The van der Waals surface area contributed by atoms with Gasteiger partial charge in [-0.15, -0.1) is 0 Å². The largest absolute Gasteiger partial charge is 0.463 e. The second kappa shape index (κ2) is 10.5. The molecule has 0 radical (unpaired) electrons. The van der Waals surface area contributed by atoms with Crippen molar-refractivity contribution in [1.29, 1.82) is 0 Å². The van der Waals surface area contributed by atoms with E-state index < -0.39 is 8.32 Å². The van der Waals surface area contributed by atoms with E-state index in [0.717, 1.165) is 25.0 Å². The Kier molecular flexibility index (Phi) is 10.3. The molecule has 0 N–H and O–H groups in total. The van der Waals surface area contributed by atoms with E-state index in [2.05, 4.69) is 54.6 Å². The fourth-order valence-electron chi connectivity index (χ4n) is 2.86. The van der Waals surface area contributed by atoms with Crippen LogP contribution in [0.1, 0.15) is 68.2 Å². The molecular weight excluding hydrogens is 328 g/mol. The minimum absolute atomic E-state index is 0.196. The standard InChI is InChI=1S/C21H42O3Si/c1-11-23-20(22)19(5)14-17(3)12-16(2)13-18(4)15-24-25(9,10)21(6,7)8/h14,16-18H,11-13,15H2,1-10H3/b19-14+/t16-,17+,18-/m1/s1. The van der Waals surface area contributed by atoms with Crippen LogP contribution in [-0.4, -0.2) is 27.5 Å². The Morgan fingerprint density at radius 1 is 1.08 bits per heavy atom. The Hall–Kier alpha value is -0.613. The Labute approximate surface area is 157 Å². The lowest BCUT2D eigenvalue weighted by atomic mass is 9.89. The van der Waals surface area contributed by atoms with Crippen LogP contribution in [0, 0.1) is 17.8 Å². The molecule has 0 unspecified atom stereocenters. The van der Waals surface area contributed by atoms with E-state index in [1.165, 1.54) is 0 Å². The van der Waals surface area contributed by atoms with Crippen molar-refractivity contribution in [2.24, 2.45) is 17.8 Å². The first-order valence-electron chi connectivity index (χ1n) is 9.79. The summed E-state index contributed by atoms with van der Waals surface area (Å²) < 4.78 is 11.4. The van der Waals surface area contributed by atoms with Gasteiger partial charge in [-0.1, -0.05) is 47.6 Å². The average Bonchev–Trinajstić information content (AvgIpc) is 2.43. The SMILES string of the molecule is CCOC(=O)/C(C)=C/[C@@H](C)C[C@@H](C)C[C@@H](C)CO[Si](C)(C)C(C)(C)C. The topological polar surface area (TPSA) is 35.5 Å². The minimum atomic E-state index is -1.65. The van der Waals surface area contributed by atoms with Gasteiger partial charge in [-0.05, 0) is 62.6 Å². The molecule has 25 heavy (non-hydrogen) atoms. The molecule has 3 atom stereocenters. The van der Waals surface area contributed by atoms with E-state index in [-0.39, 0.29) is 11.0 Å².